The van der Waals surface area contributed by atoms with Gasteiger partial charge in [0.25, 0.3) is 0 Å². The molecule has 1 rings (SSSR count). The van der Waals surface area contributed by atoms with Gasteiger partial charge in [-0.05, 0) is 32.1 Å². The summed E-state index contributed by atoms with van der Waals surface area (Å²) in [6.07, 6.45) is 3.25. The van der Waals surface area contributed by atoms with E-state index in [-0.39, 0.29) is 36.0 Å². The van der Waals surface area contributed by atoms with E-state index in [9.17, 15) is 19.2 Å². The minimum atomic E-state index is -0.613. The van der Waals surface area contributed by atoms with Crippen LogP contribution in [0.5, 0.6) is 0 Å². The zero-order chi connectivity index (χ0) is 21.6. The van der Waals surface area contributed by atoms with Gasteiger partial charge in [0.15, 0.2) is 0 Å². The highest BCUT2D eigenvalue weighted by atomic mass is 32.1. The summed E-state index contributed by atoms with van der Waals surface area (Å²) in [5.41, 5.74) is 5.39. The van der Waals surface area contributed by atoms with Crippen molar-refractivity contribution in [2.75, 3.05) is 13.6 Å². The molecule has 8 heteroatoms. The van der Waals surface area contributed by atoms with E-state index < -0.39 is 16.7 Å². The Morgan fingerprint density at radius 3 is 2.39 bits per heavy atom. The van der Waals surface area contributed by atoms with Gasteiger partial charge in [-0.1, -0.05) is 27.2 Å². The minimum absolute atomic E-state index is 0.0489. The number of unbranched alkanes of at least 4 members (excludes halogenated alkanes) is 2. The van der Waals surface area contributed by atoms with Crippen molar-refractivity contribution in [3.05, 3.63) is 0 Å². The Hall–Kier alpha value is -1.57. The molecule has 0 aliphatic carbocycles. The lowest BCUT2D eigenvalue weighted by atomic mass is 9.89. The fourth-order valence-corrected chi connectivity index (χ4v) is 3.87. The normalized spacial score (nSPS) is 20.4. The molecular weight excluding hydrogens is 378 g/mol. The van der Waals surface area contributed by atoms with Crippen LogP contribution in [0.2, 0.25) is 0 Å². The average Bonchev–Trinajstić information content (AvgIpc) is 2.89. The average molecular weight is 414 g/mol. The molecule has 1 aliphatic heterocycles. The molecule has 0 aromatic heterocycles. The molecule has 1 aliphatic rings. The van der Waals surface area contributed by atoms with E-state index in [1.54, 1.807) is 7.05 Å². The summed E-state index contributed by atoms with van der Waals surface area (Å²) >= 11 is 4.56. The number of likely N-dealkylation sites (N-methyl/N-ethyl adjacent to an activating group) is 1. The zero-order valence-electron chi connectivity index (χ0n) is 17.7. The fourth-order valence-electron chi connectivity index (χ4n) is 3.67. The first-order valence-corrected chi connectivity index (χ1v) is 10.5. The van der Waals surface area contributed by atoms with Crippen molar-refractivity contribution in [3.8, 4) is 0 Å². The number of primary amides is 1. The van der Waals surface area contributed by atoms with E-state index in [2.05, 4.69) is 12.6 Å². The SMILES string of the molecule is CCC(C)(S)C1CC(=O)N(CCCCCC(=O)N(C)C(C(N)=O)C(C)C)C1=O. The third-order valence-corrected chi connectivity index (χ3v) is 6.34. The molecule has 0 saturated carbocycles. The predicted molar refractivity (Wildman–Crippen MR) is 112 cm³/mol. The van der Waals surface area contributed by atoms with E-state index in [0.717, 1.165) is 6.42 Å². The molecule has 0 radical (unpaired) electrons. The lowest BCUT2D eigenvalue weighted by Gasteiger charge is -2.28. The first-order valence-electron chi connectivity index (χ1n) is 10.1. The molecule has 1 saturated heterocycles. The molecule has 7 nitrogen and oxygen atoms in total. The van der Waals surface area contributed by atoms with Gasteiger partial charge in [0.1, 0.15) is 6.04 Å². The molecule has 4 amide bonds. The predicted octanol–water partition coefficient (Wildman–Crippen LogP) is 1.99. The van der Waals surface area contributed by atoms with Crippen molar-refractivity contribution in [1.82, 2.24) is 9.80 Å². The van der Waals surface area contributed by atoms with E-state index >= 15 is 0 Å². The quantitative estimate of drug-likeness (QED) is 0.307. The van der Waals surface area contributed by atoms with Gasteiger partial charge in [0, 0.05) is 31.2 Å². The topological polar surface area (TPSA) is 101 Å². The highest BCUT2D eigenvalue weighted by Gasteiger charge is 2.46. The van der Waals surface area contributed by atoms with E-state index in [4.69, 9.17) is 5.73 Å². The molecular formula is C20H35N3O4S. The summed E-state index contributed by atoms with van der Waals surface area (Å²) < 4.78 is -0.480. The summed E-state index contributed by atoms with van der Waals surface area (Å²) in [7, 11) is 1.60. The number of imide groups is 1. The van der Waals surface area contributed by atoms with Gasteiger partial charge >= 0.3 is 0 Å². The molecule has 160 valence electrons. The number of amides is 4. The highest BCUT2D eigenvalue weighted by molar-refractivity contribution is 7.81. The number of rotatable bonds is 11. The van der Waals surface area contributed by atoms with Crippen molar-refractivity contribution in [3.63, 3.8) is 0 Å². The van der Waals surface area contributed by atoms with Crippen LogP contribution in [0.4, 0.5) is 0 Å². The van der Waals surface area contributed by atoms with Gasteiger partial charge in [-0.2, -0.15) is 12.6 Å². The van der Waals surface area contributed by atoms with Gasteiger partial charge < -0.3 is 10.6 Å². The maximum atomic E-state index is 12.5. The largest absolute Gasteiger partial charge is 0.368 e. The van der Waals surface area contributed by atoms with E-state index in [1.807, 2.05) is 27.7 Å². The van der Waals surface area contributed by atoms with Crippen LogP contribution >= 0.6 is 12.6 Å². The Labute approximate surface area is 173 Å². The van der Waals surface area contributed by atoms with Crippen LogP contribution in [0, 0.1) is 11.8 Å². The van der Waals surface area contributed by atoms with Crippen molar-refractivity contribution in [2.24, 2.45) is 17.6 Å². The Bertz CT molecular complexity index is 606. The number of likely N-dealkylation sites (tertiary alicyclic amines) is 1. The van der Waals surface area contributed by atoms with Crippen LogP contribution in [-0.2, 0) is 19.2 Å². The van der Waals surface area contributed by atoms with E-state index in [0.29, 0.717) is 32.2 Å². The van der Waals surface area contributed by atoms with E-state index in [1.165, 1.54) is 9.80 Å². The number of hydrogen-bond donors (Lipinski definition) is 2. The molecule has 3 unspecified atom stereocenters. The van der Waals surface area contributed by atoms with Gasteiger partial charge in [0.2, 0.25) is 23.6 Å². The molecule has 1 heterocycles. The van der Waals surface area contributed by atoms with Gasteiger partial charge in [-0.25, -0.2) is 0 Å². The molecule has 0 aromatic carbocycles. The lowest BCUT2D eigenvalue weighted by molar-refractivity contribution is -0.140. The van der Waals surface area contributed by atoms with Crippen LogP contribution in [0.1, 0.15) is 66.2 Å². The van der Waals surface area contributed by atoms with Crippen LogP contribution in [-0.4, -0.2) is 57.8 Å². The third kappa shape index (κ3) is 5.96. The Morgan fingerprint density at radius 2 is 1.89 bits per heavy atom. The summed E-state index contributed by atoms with van der Waals surface area (Å²) in [5.74, 6) is -1.32. The number of nitrogens with two attached hydrogens (primary N) is 1. The number of carbonyl (C=O) groups is 4. The summed E-state index contributed by atoms with van der Waals surface area (Å²) in [6.45, 7) is 7.94. The molecule has 0 bridgehead atoms. The number of nitrogens with zero attached hydrogens (tertiary/aromatic N) is 2. The first-order chi connectivity index (χ1) is 12.9. The zero-order valence-corrected chi connectivity index (χ0v) is 18.6. The van der Waals surface area contributed by atoms with Crippen LogP contribution in [0.15, 0.2) is 0 Å². The van der Waals surface area contributed by atoms with Crippen molar-refractivity contribution in [2.45, 2.75) is 77.0 Å². The first kappa shape index (κ1) is 24.5. The summed E-state index contributed by atoms with van der Waals surface area (Å²) in [6, 6.07) is -0.613. The third-order valence-electron chi connectivity index (χ3n) is 5.72. The summed E-state index contributed by atoms with van der Waals surface area (Å²) in [5, 5.41) is 0. The standard InChI is InChI=1S/C20H35N3O4S/c1-6-20(4,28)14-12-16(25)23(19(14)27)11-9-7-8-10-15(24)22(5)17(13(2)3)18(21)26/h13-14,17,28H,6-12H2,1-5H3,(H2,21,26). The Morgan fingerprint density at radius 1 is 1.29 bits per heavy atom. The molecule has 0 aromatic rings. The molecule has 3 atom stereocenters. The van der Waals surface area contributed by atoms with Crippen LogP contribution in [0.3, 0.4) is 0 Å². The van der Waals surface area contributed by atoms with Gasteiger partial charge in [-0.3, -0.25) is 24.1 Å². The fraction of sp³-hybridized carbons (Fsp3) is 0.800. The van der Waals surface area contributed by atoms with Crippen molar-refractivity contribution in [1.29, 1.82) is 0 Å². The highest BCUT2D eigenvalue weighted by Crippen LogP contribution is 2.36. The summed E-state index contributed by atoms with van der Waals surface area (Å²) in [4.78, 5) is 51.3. The number of carbonyl (C=O) groups excluding carboxylic acids is 4. The van der Waals surface area contributed by atoms with Gasteiger partial charge in [0.05, 0.1) is 5.92 Å². The molecule has 28 heavy (non-hydrogen) atoms. The van der Waals surface area contributed by atoms with Gasteiger partial charge in [-0.15, -0.1) is 0 Å². The second-order valence-electron chi connectivity index (χ2n) is 8.26. The minimum Gasteiger partial charge on any atom is -0.368 e. The monoisotopic (exact) mass is 413 g/mol. The maximum absolute atomic E-state index is 12.5. The number of thiol groups is 1. The maximum Gasteiger partial charge on any atom is 0.240 e. The lowest BCUT2D eigenvalue weighted by Crippen LogP contribution is -2.48. The Balaban J connectivity index is 2.43. The smallest absolute Gasteiger partial charge is 0.240 e. The molecule has 0 spiro atoms. The van der Waals surface area contributed by atoms with Crippen molar-refractivity contribution < 1.29 is 19.2 Å². The second kappa shape index (κ2) is 10.3. The van der Waals surface area contributed by atoms with Crippen molar-refractivity contribution >= 4 is 36.3 Å². The number of hydrogen-bond acceptors (Lipinski definition) is 5. The second-order valence-corrected chi connectivity index (χ2v) is 9.28. The molecule has 1 fully saturated rings. The Kier molecular flexibility index (Phi) is 8.98. The van der Waals surface area contributed by atoms with Crippen LogP contribution < -0.4 is 5.73 Å². The van der Waals surface area contributed by atoms with Crippen LogP contribution in [0.25, 0.3) is 0 Å². The molecule has 2 N–H and O–H groups in total.